The molecule has 0 spiro atoms. The van der Waals surface area contributed by atoms with Gasteiger partial charge in [-0.05, 0) is 32.4 Å². The average Bonchev–Trinajstić information content (AvgIpc) is 2.04. The van der Waals surface area contributed by atoms with E-state index in [4.69, 9.17) is 5.26 Å². The van der Waals surface area contributed by atoms with E-state index in [1.54, 1.807) is 0 Å². The highest BCUT2D eigenvalue weighted by molar-refractivity contribution is 4.77. The highest BCUT2D eigenvalue weighted by Gasteiger charge is 2.28. The fourth-order valence-electron chi connectivity index (χ4n) is 1.19. The molecule has 0 amide bonds. The fourth-order valence-corrected chi connectivity index (χ4v) is 1.19. The first kappa shape index (κ1) is 12.9. The molecule has 0 bridgehead atoms. The van der Waals surface area contributed by atoms with Crippen LogP contribution in [0.5, 0.6) is 0 Å². The zero-order valence-electron chi connectivity index (χ0n) is 9.50. The predicted octanol–water partition coefficient (Wildman–Crippen LogP) is 2.23. The summed E-state index contributed by atoms with van der Waals surface area (Å²) in [5.41, 5.74) is 0.0464. The van der Waals surface area contributed by atoms with Gasteiger partial charge in [0.1, 0.15) is 0 Å². The third kappa shape index (κ3) is 4.60. The molecule has 13 heavy (non-hydrogen) atoms. The summed E-state index contributed by atoms with van der Waals surface area (Å²) in [6.45, 7) is 7.28. The second kappa shape index (κ2) is 5.58. The van der Waals surface area contributed by atoms with Gasteiger partial charge in [0.05, 0.1) is 6.10 Å². The smallest absolute Gasteiger partial charge is 0.0990 e. The Bertz CT molecular complexity index is 135. The van der Waals surface area contributed by atoms with Crippen molar-refractivity contribution in [1.29, 1.82) is 0 Å². The Morgan fingerprint density at radius 3 is 2.23 bits per heavy atom. The summed E-state index contributed by atoms with van der Waals surface area (Å²) in [5.74, 6) is 0. The Labute approximate surface area is 81.6 Å². The molecular formula is C10H23NO2. The summed E-state index contributed by atoms with van der Waals surface area (Å²) in [5, 5.41) is 8.79. The van der Waals surface area contributed by atoms with E-state index in [-0.39, 0.29) is 11.5 Å². The highest BCUT2D eigenvalue weighted by atomic mass is 17.1. The van der Waals surface area contributed by atoms with Crippen LogP contribution in [0, 0.1) is 5.41 Å². The number of hydrogen-bond donors (Lipinski definition) is 1. The van der Waals surface area contributed by atoms with Crippen LogP contribution in [0.2, 0.25) is 0 Å². The van der Waals surface area contributed by atoms with Crippen molar-refractivity contribution in [2.45, 2.75) is 39.7 Å². The molecule has 0 aliphatic rings. The van der Waals surface area contributed by atoms with Crippen LogP contribution in [-0.2, 0) is 4.89 Å². The molecule has 3 nitrogen and oxygen atoms in total. The first-order valence-corrected chi connectivity index (χ1v) is 4.89. The van der Waals surface area contributed by atoms with Gasteiger partial charge in [-0.15, -0.1) is 0 Å². The molecule has 80 valence electrons. The predicted molar refractivity (Wildman–Crippen MR) is 54.7 cm³/mol. The van der Waals surface area contributed by atoms with Crippen LogP contribution in [0.15, 0.2) is 0 Å². The monoisotopic (exact) mass is 189 g/mol. The van der Waals surface area contributed by atoms with Gasteiger partial charge in [0.25, 0.3) is 0 Å². The van der Waals surface area contributed by atoms with Gasteiger partial charge < -0.3 is 4.90 Å². The van der Waals surface area contributed by atoms with Crippen LogP contribution in [0.25, 0.3) is 0 Å². The number of nitrogens with zero attached hydrogens (tertiary/aromatic N) is 1. The SMILES string of the molecule is CCC(C)(C)C(CCN(C)C)OO. The van der Waals surface area contributed by atoms with E-state index in [1.807, 2.05) is 14.1 Å². The molecule has 0 fully saturated rings. The van der Waals surface area contributed by atoms with Crippen LogP contribution in [0.1, 0.15) is 33.6 Å². The normalized spacial score (nSPS) is 15.0. The second-order valence-corrected chi connectivity index (χ2v) is 4.53. The molecule has 0 aromatic carbocycles. The lowest BCUT2D eigenvalue weighted by Crippen LogP contribution is -2.33. The molecule has 0 heterocycles. The van der Waals surface area contributed by atoms with E-state index in [0.717, 1.165) is 19.4 Å². The lowest BCUT2D eigenvalue weighted by molar-refractivity contribution is -0.303. The summed E-state index contributed by atoms with van der Waals surface area (Å²) in [6.07, 6.45) is 1.80. The van der Waals surface area contributed by atoms with Crippen molar-refractivity contribution < 1.29 is 10.1 Å². The van der Waals surface area contributed by atoms with E-state index in [0.29, 0.717) is 0 Å². The van der Waals surface area contributed by atoms with Crippen molar-refractivity contribution in [3.05, 3.63) is 0 Å². The van der Waals surface area contributed by atoms with Gasteiger partial charge >= 0.3 is 0 Å². The van der Waals surface area contributed by atoms with Crippen molar-refractivity contribution in [3.8, 4) is 0 Å². The van der Waals surface area contributed by atoms with Crippen LogP contribution < -0.4 is 0 Å². The van der Waals surface area contributed by atoms with Crippen LogP contribution in [0.3, 0.4) is 0 Å². The van der Waals surface area contributed by atoms with Crippen molar-refractivity contribution in [2.24, 2.45) is 5.41 Å². The minimum absolute atomic E-state index is 0.0464. The van der Waals surface area contributed by atoms with Gasteiger partial charge in [0.2, 0.25) is 0 Å². The van der Waals surface area contributed by atoms with Crippen LogP contribution in [0.4, 0.5) is 0 Å². The molecule has 1 unspecified atom stereocenters. The minimum Gasteiger partial charge on any atom is -0.309 e. The quantitative estimate of drug-likeness (QED) is 0.514. The zero-order chi connectivity index (χ0) is 10.5. The van der Waals surface area contributed by atoms with Gasteiger partial charge in [-0.25, -0.2) is 4.89 Å². The number of rotatable bonds is 6. The van der Waals surface area contributed by atoms with Gasteiger partial charge in [-0.2, -0.15) is 0 Å². The molecule has 1 N–H and O–H groups in total. The number of hydrogen-bond acceptors (Lipinski definition) is 3. The topological polar surface area (TPSA) is 32.7 Å². The maximum atomic E-state index is 8.79. The Balaban J connectivity index is 4.02. The van der Waals surface area contributed by atoms with Gasteiger partial charge in [-0.1, -0.05) is 20.8 Å². The summed E-state index contributed by atoms with van der Waals surface area (Å²) in [6, 6.07) is 0. The zero-order valence-corrected chi connectivity index (χ0v) is 9.50. The minimum atomic E-state index is -0.0695. The Hall–Kier alpha value is -0.120. The highest BCUT2D eigenvalue weighted by Crippen LogP contribution is 2.28. The molecular weight excluding hydrogens is 166 g/mol. The maximum absolute atomic E-state index is 8.79. The summed E-state index contributed by atoms with van der Waals surface area (Å²) < 4.78 is 0. The molecule has 0 aliphatic heterocycles. The molecule has 0 saturated heterocycles. The molecule has 0 radical (unpaired) electrons. The Morgan fingerprint density at radius 2 is 1.92 bits per heavy atom. The van der Waals surface area contributed by atoms with E-state index in [9.17, 15) is 0 Å². The second-order valence-electron chi connectivity index (χ2n) is 4.53. The fraction of sp³-hybridized carbons (Fsp3) is 1.00. The Morgan fingerprint density at radius 1 is 1.38 bits per heavy atom. The maximum Gasteiger partial charge on any atom is 0.0990 e. The molecule has 0 aromatic heterocycles. The summed E-state index contributed by atoms with van der Waals surface area (Å²) in [4.78, 5) is 6.62. The largest absolute Gasteiger partial charge is 0.309 e. The van der Waals surface area contributed by atoms with Crippen molar-refractivity contribution in [1.82, 2.24) is 4.90 Å². The standard InChI is InChI=1S/C10H23NO2/c1-6-10(2,3)9(13-12)7-8-11(4)5/h9,12H,6-8H2,1-5H3. The van der Waals surface area contributed by atoms with Gasteiger partial charge in [0.15, 0.2) is 0 Å². The molecule has 0 aromatic rings. The molecule has 0 aliphatic carbocycles. The van der Waals surface area contributed by atoms with Gasteiger partial charge in [-0.3, -0.25) is 5.26 Å². The first-order chi connectivity index (χ1) is 5.94. The van der Waals surface area contributed by atoms with Crippen LogP contribution in [-0.4, -0.2) is 36.9 Å². The summed E-state index contributed by atoms with van der Waals surface area (Å²) >= 11 is 0. The van der Waals surface area contributed by atoms with E-state index < -0.39 is 0 Å². The average molecular weight is 189 g/mol. The molecule has 0 saturated carbocycles. The van der Waals surface area contributed by atoms with E-state index in [1.165, 1.54) is 0 Å². The Kier molecular flexibility index (Phi) is 5.53. The molecule has 1 atom stereocenters. The lowest BCUT2D eigenvalue weighted by Gasteiger charge is -2.31. The lowest BCUT2D eigenvalue weighted by atomic mass is 9.82. The van der Waals surface area contributed by atoms with E-state index in [2.05, 4.69) is 30.6 Å². The molecule has 0 rings (SSSR count). The van der Waals surface area contributed by atoms with E-state index >= 15 is 0 Å². The molecule has 3 heteroatoms. The van der Waals surface area contributed by atoms with Crippen molar-refractivity contribution in [2.75, 3.05) is 20.6 Å². The van der Waals surface area contributed by atoms with Crippen LogP contribution >= 0.6 is 0 Å². The third-order valence-electron chi connectivity index (χ3n) is 2.75. The third-order valence-corrected chi connectivity index (χ3v) is 2.75. The summed E-state index contributed by atoms with van der Waals surface area (Å²) in [7, 11) is 4.04. The van der Waals surface area contributed by atoms with Gasteiger partial charge in [0, 0.05) is 6.54 Å². The van der Waals surface area contributed by atoms with Crippen molar-refractivity contribution in [3.63, 3.8) is 0 Å². The van der Waals surface area contributed by atoms with Crippen molar-refractivity contribution >= 4 is 0 Å². The first-order valence-electron chi connectivity index (χ1n) is 4.89.